The first-order valence-electron chi connectivity index (χ1n) is 35.9. The van der Waals surface area contributed by atoms with E-state index >= 15 is 28.8 Å². The molecule has 5 aromatic carbocycles. The average Bonchev–Trinajstić information content (AvgIpc) is 0.754. The van der Waals surface area contributed by atoms with Gasteiger partial charge in [0.2, 0.25) is 59.3 Å². The Balaban J connectivity index is 0.986. The fourth-order valence-corrected chi connectivity index (χ4v) is 16.6. The van der Waals surface area contributed by atoms with E-state index in [9.17, 15) is 54.9 Å². The van der Waals surface area contributed by atoms with Crippen molar-refractivity contribution in [2.75, 3.05) is 13.6 Å². The molecule has 2 saturated heterocycles. The molecule has 586 valence electrons. The molecule has 33 nitrogen and oxygen atoms in total. The summed E-state index contributed by atoms with van der Waals surface area (Å²) in [5.74, 6) is -13.6. The lowest BCUT2D eigenvalue weighted by atomic mass is 9.54. The number of nitrogens with zero attached hydrogens (tertiary/aromatic N) is 1. The van der Waals surface area contributed by atoms with Crippen LogP contribution in [0.4, 0.5) is 9.59 Å². The van der Waals surface area contributed by atoms with Gasteiger partial charge in [0, 0.05) is 30.3 Å². The smallest absolute Gasteiger partial charge is 0.410 e. The van der Waals surface area contributed by atoms with E-state index in [1.807, 2.05) is 0 Å². The number of aromatic hydroxyl groups is 3. The van der Waals surface area contributed by atoms with Crippen molar-refractivity contribution in [3.05, 3.63) is 117 Å². The van der Waals surface area contributed by atoms with Gasteiger partial charge >= 0.3 is 12.2 Å². The summed E-state index contributed by atoms with van der Waals surface area (Å²) in [7, 11) is 1.28. The highest BCUT2D eigenvalue weighted by molar-refractivity contribution is 6.32. The number of alkyl carbamates (subject to hydrolysis) is 1. The lowest BCUT2D eigenvalue weighted by Gasteiger charge is -2.54. The van der Waals surface area contributed by atoms with E-state index in [2.05, 4.69) is 42.5 Å². The number of phenolic OH excluding ortho intramolecular Hbond substituents is 3. The first-order valence-corrected chi connectivity index (χ1v) is 36.7. The normalized spacial score (nSPS) is 29.3. The second kappa shape index (κ2) is 30.8. The fraction of sp³-hybridized carbons (Fsp3) is 0.467. The molecule has 16 rings (SSSR count). The maximum Gasteiger partial charge on any atom is 0.410 e. The summed E-state index contributed by atoms with van der Waals surface area (Å²) in [6.45, 7) is 8.00. The number of hydrogen-bond donors (Lipinski definition) is 16. The standard InChI is InChI=1S/C75H84Cl2N10O23/c1-28(2)13-43(87(6)74(104)110-75(3,4)5)66(97)85-57-59(92)32-8-11-46(40(76)20-32)105-48-22-36-23-49(63(48)108-72-62(95)61(94)64-50(107-72)27-79-73(103)109-64)106-47-12-9-33(21-41(47)77)60(93)58-71(102)84-56(69(100)81-53-34-15-29-14-30(17-34)18-35(53)16-29)39-24-37(88)25-45(90)52(39)38-19-31(7-10-44(38)89)54(67(98)86-58)83-68(99)55(36)82-65(96)42(26-51(78)91)80-70(57)101/h7-12,19-25,28-30,34-35,42-43,50,53-62,64,72,88-90,92-95H,13-18,26-27H2,1-6H3,(H2,78,91)(H,79,103)(H,80,101)(H,81,100)(H,82,96)(H,83,99)(H,84,102)(H,85,97)(H,86,98)/t29?,30?,34?,35?,42-,43+,50?,53?,54+,55+,56-,57+,58-,59+,60+,61?,62?,64?,72?/m0/s1. The van der Waals surface area contributed by atoms with Crippen LogP contribution in [-0.4, -0.2) is 180 Å². The van der Waals surface area contributed by atoms with Crippen LogP contribution in [0.1, 0.15) is 138 Å². The second-order valence-corrected chi connectivity index (χ2v) is 31.5. The van der Waals surface area contributed by atoms with Gasteiger partial charge in [-0.1, -0.05) is 55.2 Å². The minimum Gasteiger partial charge on any atom is -0.508 e. The SMILES string of the molecule is CC(C)C[C@H](C(=O)N[C@H]1C(=O)N[C@@H](CC(N)=O)C(=O)N[C@H]2C(=O)N[C@H]3C(=O)N[C@H](C(=O)N[C@H](C(=O)NC4C5CC6CC(C5)CC4C6)c4cc(O)cc(O)c4-c4cc3ccc4O)[C@H](O)c3ccc(c(Cl)c3)Oc3cc2cc(c3OC2OC3CNC(=O)OC3C(O)C2O)Oc2ccc(cc2Cl)[C@H]1O)N(C)C(=O)OC(C)(C)C. The number of amides is 10. The summed E-state index contributed by atoms with van der Waals surface area (Å²) in [5.41, 5.74) is 2.64. The van der Waals surface area contributed by atoms with E-state index in [0.717, 1.165) is 91.6 Å². The van der Waals surface area contributed by atoms with Crippen LogP contribution >= 0.6 is 23.2 Å². The number of rotatable bonds is 11. The Kier molecular flexibility index (Phi) is 21.8. The summed E-state index contributed by atoms with van der Waals surface area (Å²) in [6.07, 6.45) is -11.5. The number of phenols is 3. The van der Waals surface area contributed by atoms with Crippen LogP contribution in [0.3, 0.4) is 0 Å². The van der Waals surface area contributed by atoms with Crippen molar-refractivity contribution >= 4 is 82.6 Å². The Morgan fingerprint density at radius 2 is 1.26 bits per heavy atom. The molecule has 7 heterocycles. The van der Waals surface area contributed by atoms with Gasteiger partial charge in [-0.25, -0.2) is 9.59 Å². The largest absolute Gasteiger partial charge is 0.508 e. The number of nitrogens with one attached hydrogen (secondary N) is 8. The molecule has 5 unspecified atom stereocenters. The van der Waals surface area contributed by atoms with E-state index in [0.29, 0.717) is 11.8 Å². The van der Waals surface area contributed by atoms with Gasteiger partial charge in [0.15, 0.2) is 17.6 Å². The maximum atomic E-state index is 16.2. The molecule has 0 spiro atoms. The number of carbonyl (C=O) groups excluding carboxylic acids is 10. The number of likely N-dealkylation sites (N-methyl/N-ethyl adjacent to an activating group) is 1. The summed E-state index contributed by atoms with van der Waals surface area (Å²) in [4.78, 5) is 149. The van der Waals surface area contributed by atoms with Gasteiger partial charge < -0.3 is 112 Å². The number of aliphatic hydroxyl groups excluding tert-OH is 4. The van der Waals surface area contributed by atoms with Gasteiger partial charge in [0.05, 0.1) is 23.0 Å². The van der Waals surface area contributed by atoms with Gasteiger partial charge in [-0.3, -0.25) is 43.3 Å². The molecular weight excluding hydrogens is 1480 g/mol. The van der Waals surface area contributed by atoms with Crippen molar-refractivity contribution in [2.24, 2.45) is 35.3 Å². The van der Waals surface area contributed by atoms with Gasteiger partial charge in [0.1, 0.15) is 107 Å². The van der Waals surface area contributed by atoms with Crippen LogP contribution < -0.4 is 62.5 Å². The molecule has 110 heavy (non-hydrogen) atoms. The second-order valence-electron chi connectivity index (χ2n) is 30.6. The molecule has 0 aromatic heterocycles. The molecular formula is C75H84Cl2N10O23. The minimum absolute atomic E-state index is 0.0444. The van der Waals surface area contributed by atoms with E-state index < -0.39 is 197 Å². The Labute approximate surface area is 638 Å². The molecule has 4 saturated carbocycles. The third-order valence-corrected chi connectivity index (χ3v) is 21.8. The predicted molar refractivity (Wildman–Crippen MR) is 384 cm³/mol. The van der Waals surface area contributed by atoms with E-state index in [1.54, 1.807) is 34.6 Å². The van der Waals surface area contributed by atoms with Crippen LogP contribution in [0.5, 0.6) is 46.0 Å². The zero-order valence-electron chi connectivity index (χ0n) is 60.2. The molecule has 10 amide bonds. The number of carbonyl (C=O) groups is 10. The molecule has 6 fully saturated rings. The first-order chi connectivity index (χ1) is 52.0. The highest BCUT2D eigenvalue weighted by Gasteiger charge is 2.53. The van der Waals surface area contributed by atoms with E-state index in [1.165, 1.54) is 31.3 Å². The quantitative estimate of drug-likeness (QED) is 0.0884. The molecule has 0 radical (unpaired) electrons. The Morgan fingerprint density at radius 1 is 0.664 bits per heavy atom. The number of hydrogen-bond acceptors (Lipinski definition) is 23. The number of ether oxygens (including phenoxy) is 6. The molecule has 4 aliphatic carbocycles. The van der Waals surface area contributed by atoms with Crippen molar-refractivity contribution < 1.29 is 112 Å². The van der Waals surface area contributed by atoms with Crippen molar-refractivity contribution in [1.82, 2.24) is 47.4 Å². The topological polar surface area (TPSA) is 493 Å². The number of aliphatic hydroxyl groups is 4. The Morgan fingerprint density at radius 3 is 1.87 bits per heavy atom. The summed E-state index contributed by atoms with van der Waals surface area (Å²) in [6, 6.07) is -0.210. The first kappa shape index (κ1) is 77.7. The predicted octanol–water partition coefficient (Wildman–Crippen LogP) is 4.13. The minimum atomic E-state index is -2.33. The zero-order chi connectivity index (χ0) is 79.0. The van der Waals surface area contributed by atoms with Gasteiger partial charge in [-0.2, -0.15) is 0 Å². The molecule has 17 N–H and O–H groups in total. The number of benzene rings is 5. The van der Waals surface area contributed by atoms with Crippen LogP contribution in [0.2, 0.25) is 10.0 Å². The fourth-order valence-electron chi connectivity index (χ4n) is 16.2. The molecule has 11 aliphatic rings. The maximum absolute atomic E-state index is 16.2. The molecule has 7 aliphatic heterocycles. The lowest BCUT2D eigenvalue weighted by Crippen LogP contribution is -2.65. The van der Waals surface area contributed by atoms with Crippen LogP contribution in [-0.2, 0) is 52.6 Å². The zero-order valence-corrected chi connectivity index (χ0v) is 61.7. The summed E-state index contributed by atoms with van der Waals surface area (Å²) in [5, 5.41) is 104. The van der Waals surface area contributed by atoms with Crippen molar-refractivity contribution in [2.45, 2.75) is 176 Å². The third kappa shape index (κ3) is 16.0. The number of halogens is 2. The van der Waals surface area contributed by atoms with E-state index in [-0.39, 0.29) is 91.7 Å². The lowest BCUT2D eigenvalue weighted by molar-refractivity contribution is -0.275. The molecule has 14 atom stereocenters. The van der Waals surface area contributed by atoms with Crippen molar-refractivity contribution in [3.8, 4) is 57.1 Å². The highest BCUT2D eigenvalue weighted by atomic mass is 35.5. The van der Waals surface area contributed by atoms with Crippen LogP contribution in [0, 0.1) is 29.6 Å². The van der Waals surface area contributed by atoms with Gasteiger partial charge in [-0.05, 0) is 171 Å². The number of primary amides is 1. The summed E-state index contributed by atoms with van der Waals surface area (Å²) >= 11 is 14.2. The average molecular weight is 1560 g/mol. The van der Waals surface area contributed by atoms with Crippen LogP contribution in [0.15, 0.2) is 78.9 Å². The van der Waals surface area contributed by atoms with E-state index in [4.69, 9.17) is 57.4 Å². The van der Waals surface area contributed by atoms with Gasteiger partial charge in [0.25, 0.3) is 0 Å². The third-order valence-electron chi connectivity index (χ3n) is 21.2. The highest BCUT2D eigenvalue weighted by Crippen LogP contribution is 2.55. The summed E-state index contributed by atoms with van der Waals surface area (Å²) < 4.78 is 36.7. The van der Waals surface area contributed by atoms with Crippen molar-refractivity contribution in [3.63, 3.8) is 0 Å². The molecule has 5 aromatic rings. The van der Waals surface area contributed by atoms with Crippen molar-refractivity contribution in [1.29, 1.82) is 0 Å². The number of nitrogens with two attached hydrogens (primary N) is 1. The Hall–Kier alpha value is -10.4. The molecule has 15 bridgehead atoms. The van der Waals surface area contributed by atoms with Gasteiger partial charge in [-0.15, -0.1) is 0 Å². The molecule has 35 heteroatoms. The Bertz CT molecular complexity index is 4530. The monoisotopic (exact) mass is 1560 g/mol. The number of fused-ring (bicyclic) bond motifs is 16. The van der Waals surface area contributed by atoms with Crippen LogP contribution in [0.25, 0.3) is 11.1 Å².